The molecule has 1 aromatic heterocycles. The molecule has 0 aliphatic carbocycles. The van der Waals surface area contributed by atoms with Crippen LogP contribution in [0, 0.1) is 5.92 Å². The lowest BCUT2D eigenvalue weighted by atomic mass is 10.0. The summed E-state index contributed by atoms with van der Waals surface area (Å²) < 4.78 is 0. The molecule has 0 bridgehead atoms. The number of urea groups is 1. The van der Waals surface area contributed by atoms with E-state index in [0.717, 1.165) is 4.88 Å². The third-order valence-electron chi connectivity index (χ3n) is 2.22. The van der Waals surface area contributed by atoms with Crippen molar-refractivity contribution < 1.29 is 14.7 Å². The Morgan fingerprint density at radius 3 is 2.72 bits per heavy atom. The van der Waals surface area contributed by atoms with Gasteiger partial charge in [0.25, 0.3) is 0 Å². The van der Waals surface area contributed by atoms with Crippen LogP contribution in [0.4, 0.5) is 4.79 Å². The molecule has 0 aliphatic heterocycles. The largest absolute Gasteiger partial charge is 0.480 e. The van der Waals surface area contributed by atoms with Crippen LogP contribution >= 0.6 is 11.3 Å². The second kappa shape index (κ2) is 6.95. The third-order valence-corrected chi connectivity index (χ3v) is 3.00. The molecule has 1 aromatic rings. The Morgan fingerprint density at radius 2 is 2.22 bits per heavy atom. The molecule has 1 heterocycles. The fraction of sp³-hybridized carbons (Fsp3) is 0.545. The van der Waals surface area contributed by atoms with Gasteiger partial charge in [0.05, 0.1) is 12.1 Å². The first-order valence-corrected chi connectivity index (χ1v) is 6.51. The maximum atomic E-state index is 11.5. The van der Waals surface area contributed by atoms with Crippen molar-refractivity contribution in [2.24, 2.45) is 5.92 Å². The number of carbonyl (C=O) groups is 2. The third kappa shape index (κ3) is 5.13. The quantitative estimate of drug-likeness (QED) is 0.730. The number of nitrogens with zero attached hydrogens (tertiary/aromatic N) is 1. The van der Waals surface area contributed by atoms with E-state index in [1.54, 1.807) is 11.7 Å². The lowest BCUT2D eigenvalue weighted by Crippen LogP contribution is -2.46. The predicted molar refractivity (Wildman–Crippen MR) is 68.4 cm³/mol. The zero-order chi connectivity index (χ0) is 13.5. The number of carboxylic acid groups (broad SMARTS) is 1. The molecule has 1 rings (SSSR count). The van der Waals surface area contributed by atoms with Gasteiger partial charge in [-0.05, 0) is 12.3 Å². The molecular formula is C11H17N3O3S. The highest BCUT2D eigenvalue weighted by Crippen LogP contribution is 2.06. The first-order valence-electron chi connectivity index (χ1n) is 5.63. The summed E-state index contributed by atoms with van der Waals surface area (Å²) in [6.07, 6.45) is 2.07. The average Bonchev–Trinajstić information content (AvgIpc) is 2.77. The second-order valence-corrected chi connectivity index (χ2v) is 5.29. The molecule has 100 valence electrons. The first-order chi connectivity index (χ1) is 8.49. The Morgan fingerprint density at radius 1 is 1.50 bits per heavy atom. The summed E-state index contributed by atoms with van der Waals surface area (Å²) >= 11 is 1.43. The molecule has 0 aromatic carbocycles. The number of hydrogen-bond donors (Lipinski definition) is 3. The number of hydrogen-bond acceptors (Lipinski definition) is 4. The van der Waals surface area contributed by atoms with Crippen molar-refractivity contribution in [1.82, 2.24) is 15.6 Å². The average molecular weight is 271 g/mol. The second-order valence-electron chi connectivity index (χ2n) is 4.32. The van der Waals surface area contributed by atoms with Crippen LogP contribution in [-0.4, -0.2) is 28.1 Å². The summed E-state index contributed by atoms with van der Waals surface area (Å²) in [6.45, 7) is 4.17. The molecule has 0 spiro atoms. The van der Waals surface area contributed by atoms with E-state index in [0.29, 0.717) is 13.0 Å². The number of rotatable bonds is 6. The van der Waals surface area contributed by atoms with Gasteiger partial charge in [0, 0.05) is 11.1 Å². The summed E-state index contributed by atoms with van der Waals surface area (Å²) in [5.41, 5.74) is 1.67. The molecule has 0 saturated carbocycles. The summed E-state index contributed by atoms with van der Waals surface area (Å²) in [6, 6.07) is -1.33. The molecular weight excluding hydrogens is 254 g/mol. The summed E-state index contributed by atoms with van der Waals surface area (Å²) in [5.74, 6) is -0.815. The van der Waals surface area contributed by atoms with Crippen molar-refractivity contribution >= 4 is 23.3 Å². The molecule has 7 heteroatoms. The van der Waals surface area contributed by atoms with Gasteiger partial charge in [0.2, 0.25) is 0 Å². The molecule has 6 nitrogen and oxygen atoms in total. The van der Waals surface area contributed by atoms with Gasteiger partial charge in [-0.25, -0.2) is 9.59 Å². The van der Waals surface area contributed by atoms with Crippen molar-refractivity contribution in [3.8, 4) is 0 Å². The molecule has 18 heavy (non-hydrogen) atoms. The van der Waals surface area contributed by atoms with Gasteiger partial charge < -0.3 is 15.7 Å². The van der Waals surface area contributed by atoms with Gasteiger partial charge in [0.1, 0.15) is 6.04 Å². The number of carboxylic acids is 1. The minimum absolute atomic E-state index is 0.202. The van der Waals surface area contributed by atoms with Crippen molar-refractivity contribution in [1.29, 1.82) is 0 Å². The van der Waals surface area contributed by atoms with E-state index in [4.69, 9.17) is 5.11 Å². The van der Waals surface area contributed by atoms with Crippen LogP contribution in [0.3, 0.4) is 0 Å². The van der Waals surface area contributed by atoms with E-state index in [1.165, 1.54) is 11.3 Å². The Kier molecular flexibility index (Phi) is 5.57. The smallest absolute Gasteiger partial charge is 0.326 e. The highest BCUT2D eigenvalue weighted by Gasteiger charge is 2.20. The van der Waals surface area contributed by atoms with Crippen molar-refractivity contribution in [3.63, 3.8) is 0 Å². The first kappa shape index (κ1) is 14.4. The summed E-state index contributed by atoms with van der Waals surface area (Å²) in [4.78, 5) is 27.3. The zero-order valence-electron chi connectivity index (χ0n) is 10.3. The predicted octanol–water partition coefficient (Wildman–Crippen LogP) is 1.44. The number of nitrogens with one attached hydrogen (secondary N) is 2. The SMILES string of the molecule is CC(C)C[C@@H](NC(=O)NCc1cncs1)C(=O)O. The monoisotopic (exact) mass is 271 g/mol. The Balaban J connectivity index is 2.39. The number of aliphatic carboxylic acids is 1. The number of amides is 2. The molecule has 0 radical (unpaired) electrons. The van der Waals surface area contributed by atoms with Crippen molar-refractivity contribution in [2.75, 3.05) is 0 Å². The van der Waals surface area contributed by atoms with E-state index in [1.807, 2.05) is 13.8 Å². The maximum absolute atomic E-state index is 11.5. The van der Waals surface area contributed by atoms with Crippen LogP contribution in [0.25, 0.3) is 0 Å². The van der Waals surface area contributed by atoms with Crippen LogP contribution in [0.1, 0.15) is 25.1 Å². The van der Waals surface area contributed by atoms with Crippen LogP contribution < -0.4 is 10.6 Å². The normalized spacial score (nSPS) is 12.2. The van der Waals surface area contributed by atoms with E-state index < -0.39 is 18.0 Å². The number of thiazole rings is 1. The highest BCUT2D eigenvalue weighted by molar-refractivity contribution is 7.09. The fourth-order valence-corrected chi connectivity index (χ4v) is 1.93. The number of carbonyl (C=O) groups excluding carboxylic acids is 1. The van der Waals surface area contributed by atoms with Crippen LogP contribution in [0.5, 0.6) is 0 Å². The molecule has 2 amide bonds. The van der Waals surface area contributed by atoms with Crippen LogP contribution in [0.2, 0.25) is 0 Å². The molecule has 0 saturated heterocycles. The Hall–Kier alpha value is -1.63. The van der Waals surface area contributed by atoms with E-state index in [2.05, 4.69) is 15.6 Å². The minimum Gasteiger partial charge on any atom is -0.480 e. The minimum atomic E-state index is -1.02. The summed E-state index contributed by atoms with van der Waals surface area (Å²) in [7, 11) is 0. The number of aromatic nitrogens is 1. The lowest BCUT2D eigenvalue weighted by molar-refractivity contribution is -0.139. The van der Waals surface area contributed by atoms with E-state index in [-0.39, 0.29) is 5.92 Å². The molecule has 1 atom stereocenters. The highest BCUT2D eigenvalue weighted by atomic mass is 32.1. The van der Waals surface area contributed by atoms with Gasteiger partial charge in [0.15, 0.2) is 0 Å². The molecule has 0 unspecified atom stereocenters. The van der Waals surface area contributed by atoms with E-state index in [9.17, 15) is 9.59 Å². The fourth-order valence-electron chi connectivity index (χ4n) is 1.40. The standard InChI is InChI=1S/C11H17N3O3S/c1-7(2)3-9(10(15)16)14-11(17)13-5-8-4-12-6-18-8/h4,6-7,9H,3,5H2,1-2H3,(H,15,16)(H2,13,14,17)/t9-/m1/s1. The van der Waals surface area contributed by atoms with Gasteiger partial charge in [-0.1, -0.05) is 13.8 Å². The molecule has 0 aliphatic rings. The zero-order valence-corrected chi connectivity index (χ0v) is 11.2. The summed E-state index contributed by atoms with van der Waals surface area (Å²) in [5, 5.41) is 14.0. The lowest BCUT2D eigenvalue weighted by Gasteiger charge is -2.16. The molecule has 0 fully saturated rings. The van der Waals surface area contributed by atoms with Gasteiger partial charge in [-0.2, -0.15) is 0 Å². The van der Waals surface area contributed by atoms with Gasteiger partial charge in [-0.15, -0.1) is 11.3 Å². The van der Waals surface area contributed by atoms with Crippen LogP contribution in [0.15, 0.2) is 11.7 Å². The van der Waals surface area contributed by atoms with Crippen molar-refractivity contribution in [2.45, 2.75) is 32.9 Å². The van der Waals surface area contributed by atoms with Gasteiger partial charge in [-0.3, -0.25) is 4.98 Å². The Labute approximate surface area is 109 Å². The van der Waals surface area contributed by atoms with Gasteiger partial charge >= 0.3 is 12.0 Å². The topological polar surface area (TPSA) is 91.3 Å². The van der Waals surface area contributed by atoms with Crippen molar-refractivity contribution in [3.05, 3.63) is 16.6 Å². The maximum Gasteiger partial charge on any atom is 0.326 e. The van der Waals surface area contributed by atoms with E-state index >= 15 is 0 Å². The Bertz CT molecular complexity index is 392. The molecule has 3 N–H and O–H groups in total. The van der Waals surface area contributed by atoms with Crippen LogP contribution in [-0.2, 0) is 11.3 Å².